The first-order valence-electron chi connectivity index (χ1n) is 4.16. The van der Waals surface area contributed by atoms with Crippen LogP contribution in [0.2, 0.25) is 0 Å². The Morgan fingerprint density at radius 2 is 1.69 bits per heavy atom. The Morgan fingerprint density at radius 1 is 1.15 bits per heavy atom. The molecule has 3 nitrogen and oxygen atoms in total. The molecular weight excluding hydrogens is 166 g/mol. The van der Waals surface area contributed by atoms with Crippen molar-refractivity contribution in [2.45, 2.75) is 12.8 Å². The molecule has 0 bridgehead atoms. The van der Waals surface area contributed by atoms with Gasteiger partial charge in [0.15, 0.2) is 6.29 Å². The van der Waals surface area contributed by atoms with Gasteiger partial charge in [-0.05, 0) is 5.56 Å². The van der Waals surface area contributed by atoms with Crippen molar-refractivity contribution < 1.29 is 9.47 Å². The summed E-state index contributed by atoms with van der Waals surface area (Å²) >= 11 is 0. The van der Waals surface area contributed by atoms with Crippen LogP contribution in [0.3, 0.4) is 0 Å². The number of nitrogens with two attached hydrogens (primary N) is 1. The second-order valence-corrected chi connectivity index (χ2v) is 2.75. The van der Waals surface area contributed by atoms with Crippen molar-refractivity contribution in [3.05, 3.63) is 35.4 Å². The van der Waals surface area contributed by atoms with Gasteiger partial charge in [0.2, 0.25) is 0 Å². The number of rotatable bonds is 4. The Bertz CT molecular complexity index is 242. The molecule has 2 N–H and O–H groups in total. The maximum Gasteiger partial charge on any atom is 0.183 e. The highest BCUT2D eigenvalue weighted by Gasteiger charge is 2.07. The van der Waals surface area contributed by atoms with E-state index in [1.165, 1.54) is 0 Å². The van der Waals surface area contributed by atoms with E-state index in [0.29, 0.717) is 6.54 Å². The summed E-state index contributed by atoms with van der Waals surface area (Å²) in [6, 6.07) is 7.86. The molecule has 0 heterocycles. The molecule has 1 aromatic carbocycles. The topological polar surface area (TPSA) is 44.5 Å². The lowest BCUT2D eigenvalue weighted by Gasteiger charge is -2.13. The maximum atomic E-state index is 5.48. The highest BCUT2D eigenvalue weighted by Crippen LogP contribution is 2.17. The summed E-state index contributed by atoms with van der Waals surface area (Å²) in [5.74, 6) is 0. The van der Waals surface area contributed by atoms with Gasteiger partial charge in [-0.15, -0.1) is 0 Å². The minimum Gasteiger partial charge on any atom is -0.352 e. The Hall–Kier alpha value is -0.900. The maximum absolute atomic E-state index is 5.48. The monoisotopic (exact) mass is 181 g/mol. The molecule has 0 atom stereocenters. The minimum absolute atomic E-state index is 0.285. The first kappa shape index (κ1) is 10.2. The van der Waals surface area contributed by atoms with Crippen molar-refractivity contribution in [2.75, 3.05) is 14.2 Å². The molecule has 0 saturated carbocycles. The lowest BCUT2D eigenvalue weighted by atomic mass is 10.1. The van der Waals surface area contributed by atoms with E-state index in [-0.39, 0.29) is 6.29 Å². The molecule has 0 unspecified atom stereocenters. The third-order valence-corrected chi connectivity index (χ3v) is 1.92. The van der Waals surface area contributed by atoms with Gasteiger partial charge in [-0.2, -0.15) is 0 Å². The number of methoxy groups -OCH3 is 2. The predicted molar refractivity (Wildman–Crippen MR) is 51.1 cm³/mol. The van der Waals surface area contributed by atoms with Crippen LogP contribution in [0.25, 0.3) is 0 Å². The lowest BCUT2D eigenvalue weighted by molar-refractivity contribution is -0.106. The summed E-state index contributed by atoms with van der Waals surface area (Å²) in [7, 11) is 3.23. The molecule has 0 radical (unpaired) electrons. The first-order valence-corrected chi connectivity index (χ1v) is 4.16. The highest BCUT2D eigenvalue weighted by molar-refractivity contribution is 5.23. The zero-order valence-electron chi connectivity index (χ0n) is 7.99. The van der Waals surface area contributed by atoms with Gasteiger partial charge in [0.1, 0.15) is 0 Å². The minimum atomic E-state index is -0.285. The van der Waals surface area contributed by atoms with Crippen LogP contribution in [0.15, 0.2) is 24.3 Å². The third kappa shape index (κ3) is 2.52. The fraction of sp³-hybridized carbons (Fsp3) is 0.400. The van der Waals surface area contributed by atoms with Gasteiger partial charge in [0.05, 0.1) is 0 Å². The van der Waals surface area contributed by atoms with E-state index in [4.69, 9.17) is 15.2 Å². The standard InChI is InChI=1S/C10H15NO2/c1-12-10(13-2)9-5-3-8(7-11)4-6-9/h3-6,10H,7,11H2,1-2H3. The van der Waals surface area contributed by atoms with Crippen molar-refractivity contribution in [1.82, 2.24) is 0 Å². The summed E-state index contributed by atoms with van der Waals surface area (Å²) in [6.45, 7) is 0.560. The van der Waals surface area contributed by atoms with Gasteiger partial charge >= 0.3 is 0 Å². The normalized spacial score (nSPS) is 10.8. The average Bonchev–Trinajstić information content (AvgIpc) is 2.21. The van der Waals surface area contributed by atoms with Gasteiger partial charge in [0, 0.05) is 26.3 Å². The molecule has 72 valence electrons. The Balaban J connectivity index is 2.78. The SMILES string of the molecule is COC(OC)c1ccc(CN)cc1. The molecule has 0 aromatic heterocycles. The van der Waals surface area contributed by atoms with Crippen molar-refractivity contribution in [2.24, 2.45) is 5.73 Å². The van der Waals surface area contributed by atoms with Crippen molar-refractivity contribution in [1.29, 1.82) is 0 Å². The molecule has 0 fully saturated rings. The quantitative estimate of drug-likeness (QED) is 0.715. The second kappa shape index (κ2) is 4.97. The van der Waals surface area contributed by atoms with Crippen LogP contribution in [0.1, 0.15) is 17.4 Å². The first-order chi connectivity index (χ1) is 6.31. The van der Waals surface area contributed by atoms with E-state index < -0.39 is 0 Å². The summed E-state index contributed by atoms with van der Waals surface area (Å²) in [4.78, 5) is 0. The van der Waals surface area contributed by atoms with Crippen molar-refractivity contribution in [3.8, 4) is 0 Å². The molecular formula is C10H15NO2. The Morgan fingerprint density at radius 3 is 2.08 bits per heavy atom. The molecule has 1 rings (SSSR count). The zero-order chi connectivity index (χ0) is 9.68. The Labute approximate surface area is 78.5 Å². The molecule has 0 aliphatic heterocycles. The largest absolute Gasteiger partial charge is 0.352 e. The van der Waals surface area contributed by atoms with Gasteiger partial charge in [-0.25, -0.2) is 0 Å². The van der Waals surface area contributed by atoms with Crippen LogP contribution in [-0.4, -0.2) is 14.2 Å². The van der Waals surface area contributed by atoms with Gasteiger partial charge in [-0.3, -0.25) is 0 Å². The number of benzene rings is 1. The molecule has 3 heteroatoms. The van der Waals surface area contributed by atoms with E-state index >= 15 is 0 Å². The molecule has 1 aromatic rings. The van der Waals surface area contributed by atoms with Crippen LogP contribution in [0.4, 0.5) is 0 Å². The molecule has 0 aliphatic rings. The van der Waals surface area contributed by atoms with Crippen LogP contribution < -0.4 is 5.73 Å². The fourth-order valence-electron chi connectivity index (χ4n) is 1.18. The van der Waals surface area contributed by atoms with Crippen molar-refractivity contribution in [3.63, 3.8) is 0 Å². The van der Waals surface area contributed by atoms with E-state index in [1.807, 2.05) is 24.3 Å². The predicted octanol–water partition coefficient (Wildman–Crippen LogP) is 1.44. The van der Waals surface area contributed by atoms with E-state index in [0.717, 1.165) is 11.1 Å². The number of hydrogen-bond donors (Lipinski definition) is 1. The molecule has 0 aliphatic carbocycles. The van der Waals surface area contributed by atoms with Crippen LogP contribution in [-0.2, 0) is 16.0 Å². The molecule has 0 spiro atoms. The van der Waals surface area contributed by atoms with Crippen LogP contribution in [0, 0.1) is 0 Å². The summed E-state index contributed by atoms with van der Waals surface area (Å²) in [6.07, 6.45) is -0.285. The van der Waals surface area contributed by atoms with E-state index in [1.54, 1.807) is 14.2 Å². The van der Waals surface area contributed by atoms with E-state index in [9.17, 15) is 0 Å². The van der Waals surface area contributed by atoms with Gasteiger partial charge < -0.3 is 15.2 Å². The van der Waals surface area contributed by atoms with Crippen LogP contribution >= 0.6 is 0 Å². The molecule has 0 amide bonds. The number of hydrogen-bond acceptors (Lipinski definition) is 3. The second-order valence-electron chi connectivity index (χ2n) is 2.75. The molecule has 13 heavy (non-hydrogen) atoms. The van der Waals surface area contributed by atoms with Crippen LogP contribution in [0.5, 0.6) is 0 Å². The third-order valence-electron chi connectivity index (χ3n) is 1.92. The lowest BCUT2D eigenvalue weighted by Crippen LogP contribution is -2.04. The smallest absolute Gasteiger partial charge is 0.183 e. The summed E-state index contributed by atoms with van der Waals surface area (Å²) < 4.78 is 10.2. The molecule has 0 saturated heterocycles. The zero-order valence-corrected chi connectivity index (χ0v) is 7.99. The van der Waals surface area contributed by atoms with Gasteiger partial charge in [-0.1, -0.05) is 24.3 Å². The van der Waals surface area contributed by atoms with Gasteiger partial charge in [0.25, 0.3) is 0 Å². The number of ether oxygens (including phenoxy) is 2. The van der Waals surface area contributed by atoms with E-state index in [2.05, 4.69) is 0 Å². The summed E-state index contributed by atoms with van der Waals surface area (Å²) in [5.41, 5.74) is 7.59. The Kier molecular flexibility index (Phi) is 3.89. The highest BCUT2D eigenvalue weighted by atomic mass is 16.7. The van der Waals surface area contributed by atoms with Crippen molar-refractivity contribution >= 4 is 0 Å². The summed E-state index contributed by atoms with van der Waals surface area (Å²) in [5, 5.41) is 0. The fourth-order valence-corrected chi connectivity index (χ4v) is 1.18. The average molecular weight is 181 g/mol.